The first-order valence-corrected chi connectivity index (χ1v) is 2.76. The van der Waals surface area contributed by atoms with Gasteiger partial charge in [-0.05, 0) is 6.07 Å². The number of hydrogen-bond donors (Lipinski definition) is 0. The SMILES string of the molecule is [O]Cc1ccc(F)cc1F. The average Bonchev–Trinajstić information content (AvgIpc) is 1.88. The van der Waals surface area contributed by atoms with E-state index in [9.17, 15) is 13.9 Å². The number of rotatable bonds is 1. The van der Waals surface area contributed by atoms with Crippen molar-refractivity contribution < 1.29 is 13.9 Å². The highest BCUT2D eigenvalue weighted by atomic mass is 19.1. The lowest BCUT2D eigenvalue weighted by molar-refractivity contribution is 0.173. The summed E-state index contributed by atoms with van der Waals surface area (Å²) in [7, 11) is 0. The fourth-order valence-corrected chi connectivity index (χ4v) is 0.639. The van der Waals surface area contributed by atoms with Crippen LogP contribution in [0.1, 0.15) is 5.56 Å². The fourth-order valence-electron chi connectivity index (χ4n) is 0.639. The van der Waals surface area contributed by atoms with Gasteiger partial charge < -0.3 is 0 Å². The van der Waals surface area contributed by atoms with E-state index in [4.69, 9.17) is 0 Å². The maximum absolute atomic E-state index is 12.4. The normalized spacial score (nSPS) is 9.90. The quantitative estimate of drug-likeness (QED) is 0.572. The third-order valence-corrected chi connectivity index (χ3v) is 1.17. The minimum Gasteiger partial charge on any atom is -0.231 e. The van der Waals surface area contributed by atoms with Crippen molar-refractivity contribution in [2.45, 2.75) is 6.61 Å². The summed E-state index contributed by atoms with van der Waals surface area (Å²) in [5.41, 5.74) is 0.00130. The molecule has 0 fully saturated rings. The van der Waals surface area contributed by atoms with Gasteiger partial charge in [0.2, 0.25) is 0 Å². The number of halogens is 2. The zero-order valence-corrected chi connectivity index (χ0v) is 5.10. The molecule has 1 radical (unpaired) electrons. The topological polar surface area (TPSA) is 19.9 Å². The second-order valence-corrected chi connectivity index (χ2v) is 1.88. The molecule has 10 heavy (non-hydrogen) atoms. The molecule has 1 aromatic carbocycles. The van der Waals surface area contributed by atoms with Crippen molar-refractivity contribution in [3.8, 4) is 0 Å². The van der Waals surface area contributed by atoms with E-state index in [1.54, 1.807) is 0 Å². The van der Waals surface area contributed by atoms with Gasteiger partial charge in [-0.1, -0.05) is 6.07 Å². The molecule has 3 heteroatoms. The molecule has 0 N–H and O–H groups in total. The summed E-state index contributed by atoms with van der Waals surface area (Å²) in [5.74, 6) is -1.43. The molecular formula is C7H5F2O. The summed E-state index contributed by atoms with van der Waals surface area (Å²) >= 11 is 0. The molecule has 0 saturated carbocycles. The minimum atomic E-state index is -0.769. The van der Waals surface area contributed by atoms with E-state index < -0.39 is 18.2 Å². The van der Waals surface area contributed by atoms with E-state index in [1.807, 2.05) is 0 Å². The van der Waals surface area contributed by atoms with Crippen LogP contribution >= 0.6 is 0 Å². The van der Waals surface area contributed by atoms with Crippen LogP contribution in [-0.4, -0.2) is 0 Å². The van der Waals surface area contributed by atoms with Crippen molar-refractivity contribution in [1.82, 2.24) is 0 Å². The summed E-state index contributed by atoms with van der Waals surface area (Å²) in [4.78, 5) is 0. The van der Waals surface area contributed by atoms with E-state index in [0.29, 0.717) is 6.07 Å². The molecule has 0 aromatic heterocycles. The summed E-state index contributed by atoms with van der Waals surface area (Å²) in [5, 5.41) is 10.1. The summed E-state index contributed by atoms with van der Waals surface area (Å²) in [6.07, 6.45) is 0. The molecular weight excluding hydrogens is 138 g/mol. The van der Waals surface area contributed by atoms with E-state index in [1.165, 1.54) is 0 Å². The van der Waals surface area contributed by atoms with Gasteiger partial charge in [0.25, 0.3) is 0 Å². The van der Waals surface area contributed by atoms with Gasteiger partial charge in [-0.15, -0.1) is 0 Å². The van der Waals surface area contributed by atoms with Crippen LogP contribution in [0, 0.1) is 11.6 Å². The highest BCUT2D eigenvalue weighted by Gasteiger charge is 2.01. The summed E-state index contributed by atoms with van der Waals surface area (Å²) in [6.45, 7) is -0.647. The van der Waals surface area contributed by atoms with Gasteiger partial charge in [-0.2, -0.15) is 0 Å². The van der Waals surface area contributed by atoms with Crippen molar-refractivity contribution in [3.63, 3.8) is 0 Å². The van der Waals surface area contributed by atoms with Crippen LogP contribution in [0.25, 0.3) is 0 Å². The molecule has 0 aliphatic rings. The lowest BCUT2D eigenvalue weighted by Crippen LogP contribution is -1.88. The first-order chi connectivity index (χ1) is 4.74. The fraction of sp³-hybridized carbons (Fsp3) is 0.143. The third-order valence-electron chi connectivity index (χ3n) is 1.17. The first kappa shape index (κ1) is 7.15. The van der Waals surface area contributed by atoms with Gasteiger partial charge in [0.05, 0.1) is 0 Å². The van der Waals surface area contributed by atoms with Crippen LogP contribution in [0.3, 0.4) is 0 Å². The third kappa shape index (κ3) is 1.30. The predicted octanol–water partition coefficient (Wildman–Crippen LogP) is 1.90. The van der Waals surface area contributed by atoms with Crippen molar-refractivity contribution in [1.29, 1.82) is 0 Å². The van der Waals surface area contributed by atoms with E-state index >= 15 is 0 Å². The Morgan fingerprint density at radius 2 is 2.00 bits per heavy atom. The van der Waals surface area contributed by atoms with Crippen LogP contribution in [0.15, 0.2) is 18.2 Å². The van der Waals surface area contributed by atoms with Crippen molar-refractivity contribution in [2.24, 2.45) is 0 Å². The zero-order valence-electron chi connectivity index (χ0n) is 5.10. The molecule has 0 bridgehead atoms. The smallest absolute Gasteiger partial charge is 0.131 e. The largest absolute Gasteiger partial charge is 0.231 e. The molecule has 0 heterocycles. The van der Waals surface area contributed by atoms with Crippen molar-refractivity contribution >= 4 is 0 Å². The Hall–Kier alpha value is -0.960. The Kier molecular flexibility index (Phi) is 1.97. The second-order valence-electron chi connectivity index (χ2n) is 1.88. The molecule has 1 rings (SSSR count). The van der Waals surface area contributed by atoms with E-state index in [2.05, 4.69) is 0 Å². The van der Waals surface area contributed by atoms with Crippen molar-refractivity contribution in [3.05, 3.63) is 35.4 Å². The van der Waals surface area contributed by atoms with Gasteiger partial charge >= 0.3 is 0 Å². The molecule has 0 amide bonds. The maximum Gasteiger partial charge on any atom is 0.131 e. The van der Waals surface area contributed by atoms with Crippen LogP contribution in [0.2, 0.25) is 0 Å². The van der Waals surface area contributed by atoms with Gasteiger partial charge in [-0.3, -0.25) is 0 Å². The molecule has 0 aliphatic heterocycles. The predicted molar refractivity (Wildman–Crippen MR) is 30.7 cm³/mol. The van der Waals surface area contributed by atoms with Gasteiger partial charge in [0.15, 0.2) is 0 Å². The Morgan fingerprint density at radius 3 is 2.50 bits per heavy atom. The summed E-state index contributed by atoms with van der Waals surface area (Å²) < 4.78 is 24.6. The highest BCUT2D eigenvalue weighted by molar-refractivity contribution is 5.17. The molecule has 0 saturated heterocycles. The van der Waals surface area contributed by atoms with Crippen LogP contribution in [0.4, 0.5) is 8.78 Å². The molecule has 0 aliphatic carbocycles. The van der Waals surface area contributed by atoms with Crippen molar-refractivity contribution in [2.75, 3.05) is 0 Å². The molecule has 53 valence electrons. The Morgan fingerprint density at radius 1 is 1.30 bits per heavy atom. The van der Waals surface area contributed by atoms with Crippen LogP contribution in [-0.2, 0) is 11.7 Å². The standard InChI is InChI=1S/C7H5F2O/c8-6-2-1-5(4-10)7(9)3-6/h1-3H,4H2. The molecule has 0 spiro atoms. The molecule has 0 atom stereocenters. The Bertz CT molecular complexity index is 235. The monoisotopic (exact) mass is 143 g/mol. The first-order valence-electron chi connectivity index (χ1n) is 2.76. The minimum absolute atomic E-state index is 0.00130. The Labute approximate surface area is 56.9 Å². The van der Waals surface area contributed by atoms with Gasteiger partial charge in [0.1, 0.15) is 18.2 Å². The lowest BCUT2D eigenvalue weighted by Gasteiger charge is -1.95. The average molecular weight is 143 g/mol. The molecule has 0 unspecified atom stereocenters. The lowest BCUT2D eigenvalue weighted by atomic mass is 10.2. The molecule has 1 nitrogen and oxygen atoms in total. The van der Waals surface area contributed by atoms with Gasteiger partial charge in [0, 0.05) is 11.6 Å². The Balaban J connectivity index is 3.07. The zero-order chi connectivity index (χ0) is 7.56. The van der Waals surface area contributed by atoms with Crippen LogP contribution < -0.4 is 0 Å². The highest BCUT2D eigenvalue weighted by Crippen LogP contribution is 2.08. The van der Waals surface area contributed by atoms with E-state index in [0.717, 1.165) is 12.1 Å². The maximum atomic E-state index is 12.4. The van der Waals surface area contributed by atoms with Gasteiger partial charge in [-0.25, -0.2) is 13.9 Å². The number of benzene rings is 1. The van der Waals surface area contributed by atoms with E-state index in [-0.39, 0.29) is 5.56 Å². The number of hydrogen-bond acceptors (Lipinski definition) is 0. The van der Waals surface area contributed by atoms with Crippen LogP contribution in [0.5, 0.6) is 0 Å². The molecule has 1 aromatic rings. The summed E-state index contributed by atoms with van der Waals surface area (Å²) in [6, 6.07) is 2.92. The second kappa shape index (κ2) is 2.75.